The van der Waals surface area contributed by atoms with Gasteiger partial charge in [0, 0.05) is 23.1 Å². The van der Waals surface area contributed by atoms with Crippen LogP contribution in [0.2, 0.25) is 0 Å². The molecule has 0 bridgehead atoms. The zero-order chi connectivity index (χ0) is 19.8. The number of esters is 2. The highest BCUT2D eigenvalue weighted by Gasteiger charge is 2.29. The molecule has 2 aromatic carbocycles. The summed E-state index contributed by atoms with van der Waals surface area (Å²) in [7, 11) is 2.66. The van der Waals surface area contributed by atoms with Crippen LogP contribution < -0.4 is 0 Å². The summed E-state index contributed by atoms with van der Waals surface area (Å²) in [6, 6.07) is 12.1. The second kappa shape index (κ2) is 7.15. The molecule has 1 heterocycles. The van der Waals surface area contributed by atoms with Crippen molar-refractivity contribution in [3.8, 4) is 0 Å². The summed E-state index contributed by atoms with van der Waals surface area (Å²) >= 11 is 0. The normalized spacial score (nSPS) is 12.8. The van der Waals surface area contributed by atoms with Gasteiger partial charge in [-0.1, -0.05) is 30.3 Å². The Labute approximate surface area is 163 Å². The van der Waals surface area contributed by atoms with Gasteiger partial charge >= 0.3 is 11.9 Å². The molecule has 5 heteroatoms. The lowest BCUT2D eigenvalue weighted by Gasteiger charge is -2.14. The van der Waals surface area contributed by atoms with E-state index in [0.717, 1.165) is 42.3 Å². The monoisotopic (exact) mass is 377 g/mol. The number of hydrogen-bond donors (Lipinski definition) is 0. The third-order valence-electron chi connectivity index (χ3n) is 5.64. The van der Waals surface area contributed by atoms with E-state index in [-0.39, 0.29) is 5.56 Å². The Morgan fingerprint density at radius 1 is 1.04 bits per heavy atom. The van der Waals surface area contributed by atoms with Gasteiger partial charge in [-0.15, -0.1) is 0 Å². The van der Waals surface area contributed by atoms with Crippen LogP contribution >= 0.6 is 0 Å². The van der Waals surface area contributed by atoms with E-state index in [0.29, 0.717) is 5.56 Å². The molecule has 1 aliphatic rings. The molecule has 28 heavy (non-hydrogen) atoms. The Morgan fingerprint density at radius 3 is 2.43 bits per heavy atom. The van der Waals surface area contributed by atoms with Gasteiger partial charge in [0.2, 0.25) is 0 Å². The maximum Gasteiger partial charge on any atom is 0.339 e. The molecule has 5 nitrogen and oxygen atoms in total. The molecule has 0 N–H and O–H groups in total. The van der Waals surface area contributed by atoms with E-state index in [4.69, 9.17) is 9.47 Å². The van der Waals surface area contributed by atoms with Crippen LogP contribution in [0.15, 0.2) is 36.4 Å². The number of nitrogens with zero attached hydrogens (tertiary/aromatic N) is 1. The van der Waals surface area contributed by atoms with Crippen LogP contribution in [0.3, 0.4) is 0 Å². The second-order valence-electron chi connectivity index (χ2n) is 7.15. The average molecular weight is 377 g/mol. The molecular formula is C23H23NO4. The highest BCUT2D eigenvalue weighted by Crippen LogP contribution is 2.38. The highest BCUT2D eigenvalue weighted by molar-refractivity contribution is 6.09. The number of hydrogen-bond acceptors (Lipinski definition) is 4. The number of aryl methyl sites for hydroxylation is 2. The van der Waals surface area contributed by atoms with Crippen molar-refractivity contribution in [3.05, 3.63) is 69.9 Å². The highest BCUT2D eigenvalue weighted by atomic mass is 16.5. The van der Waals surface area contributed by atoms with Crippen LogP contribution in [-0.4, -0.2) is 30.7 Å². The van der Waals surface area contributed by atoms with Crippen molar-refractivity contribution >= 4 is 22.8 Å². The van der Waals surface area contributed by atoms with Gasteiger partial charge in [0.05, 0.1) is 25.3 Å². The second-order valence-corrected chi connectivity index (χ2v) is 7.15. The van der Waals surface area contributed by atoms with Crippen molar-refractivity contribution in [1.29, 1.82) is 0 Å². The Morgan fingerprint density at radius 2 is 1.75 bits per heavy atom. The lowest BCUT2D eigenvalue weighted by atomic mass is 9.95. The quantitative estimate of drug-likeness (QED) is 0.644. The first kappa shape index (κ1) is 18.3. The van der Waals surface area contributed by atoms with Crippen LogP contribution in [0.4, 0.5) is 0 Å². The van der Waals surface area contributed by atoms with Crippen molar-refractivity contribution in [3.63, 3.8) is 0 Å². The maximum atomic E-state index is 12.5. The van der Waals surface area contributed by atoms with Crippen LogP contribution in [0, 0.1) is 6.92 Å². The summed E-state index contributed by atoms with van der Waals surface area (Å²) < 4.78 is 12.2. The molecule has 0 atom stereocenters. The van der Waals surface area contributed by atoms with E-state index in [1.807, 2.05) is 25.1 Å². The molecule has 1 aliphatic carbocycles. The zero-order valence-electron chi connectivity index (χ0n) is 16.4. The molecular weight excluding hydrogens is 354 g/mol. The Kier molecular flexibility index (Phi) is 4.67. The fourth-order valence-corrected chi connectivity index (χ4v) is 4.42. The number of methoxy groups -OCH3 is 2. The molecule has 0 unspecified atom stereocenters. The standard InChI is InChI=1S/C23H23NO4/c1-14-20-16-10-7-11-18(16)24(13-15-8-5-4-6-9-15)19(20)12-17(22(25)27-2)21(14)23(26)28-3/h4-6,8-9,12H,7,10-11,13H2,1-3H3. The molecule has 0 fully saturated rings. The molecule has 144 valence electrons. The number of carbonyl (C=O) groups is 2. The van der Waals surface area contributed by atoms with E-state index < -0.39 is 11.9 Å². The SMILES string of the molecule is COC(=O)c1cc2c(c(C)c1C(=O)OC)c1c(n2Cc2ccccc2)CCC1. The number of benzene rings is 2. The van der Waals surface area contributed by atoms with E-state index in [1.54, 1.807) is 6.07 Å². The summed E-state index contributed by atoms with van der Waals surface area (Å²) in [5.74, 6) is -1.04. The van der Waals surface area contributed by atoms with Gasteiger partial charge in [-0.25, -0.2) is 9.59 Å². The van der Waals surface area contributed by atoms with E-state index in [2.05, 4.69) is 16.7 Å². The minimum Gasteiger partial charge on any atom is -0.465 e. The van der Waals surface area contributed by atoms with Crippen molar-refractivity contribution in [2.45, 2.75) is 32.7 Å². The summed E-state index contributed by atoms with van der Waals surface area (Å²) in [6.07, 6.45) is 3.07. The van der Waals surface area contributed by atoms with Crippen molar-refractivity contribution in [1.82, 2.24) is 4.57 Å². The van der Waals surface area contributed by atoms with E-state index >= 15 is 0 Å². The van der Waals surface area contributed by atoms with Crippen LogP contribution in [0.5, 0.6) is 0 Å². The number of carbonyl (C=O) groups excluding carboxylic acids is 2. The fraction of sp³-hybridized carbons (Fsp3) is 0.304. The molecule has 0 radical (unpaired) electrons. The lowest BCUT2D eigenvalue weighted by Crippen LogP contribution is -2.14. The maximum absolute atomic E-state index is 12.5. The topological polar surface area (TPSA) is 57.5 Å². The minimum atomic E-state index is -0.530. The fourth-order valence-electron chi connectivity index (χ4n) is 4.42. The first-order valence-electron chi connectivity index (χ1n) is 9.45. The van der Waals surface area contributed by atoms with Gasteiger partial charge in [0.1, 0.15) is 0 Å². The Balaban J connectivity index is 2.02. The molecule has 3 aromatic rings. The third-order valence-corrected chi connectivity index (χ3v) is 5.64. The number of fused-ring (bicyclic) bond motifs is 3. The van der Waals surface area contributed by atoms with Gasteiger partial charge in [0.25, 0.3) is 0 Å². The summed E-state index contributed by atoms with van der Waals surface area (Å²) in [5, 5.41) is 1.07. The van der Waals surface area contributed by atoms with Gasteiger partial charge in [0.15, 0.2) is 0 Å². The first-order chi connectivity index (χ1) is 13.6. The number of rotatable bonds is 4. The van der Waals surface area contributed by atoms with Gasteiger partial charge in [-0.05, 0) is 48.9 Å². The largest absolute Gasteiger partial charge is 0.465 e. The average Bonchev–Trinajstić information content (AvgIpc) is 3.29. The smallest absolute Gasteiger partial charge is 0.339 e. The molecule has 1 aromatic heterocycles. The predicted octanol–water partition coefficient (Wildman–Crippen LogP) is 4.06. The van der Waals surface area contributed by atoms with Crippen LogP contribution in [-0.2, 0) is 28.9 Å². The molecule has 0 saturated heterocycles. The number of ether oxygens (including phenoxy) is 2. The Hall–Kier alpha value is -3.08. The lowest BCUT2D eigenvalue weighted by molar-refractivity contribution is 0.0555. The van der Waals surface area contributed by atoms with E-state index in [1.165, 1.54) is 31.0 Å². The summed E-state index contributed by atoms with van der Waals surface area (Å²) in [6.45, 7) is 2.62. The molecule has 0 spiro atoms. The number of aromatic nitrogens is 1. The molecule has 0 amide bonds. The molecule has 0 aliphatic heterocycles. The summed E-state index contributed by atoms with van der Waals surface area (Å²) in [5.41, 5.74) is 6.08. The van der Waals surface area contributed by atoms with E-state index in [9.17, 15) is 9.59 Å². The molecule has 4 rings (SSSR count). The zero-order valence-corrected chi connectivity index (χ0v) is 16.4. The Bertz CT molecular complexity index is 1080. The summed E-state index contributed by atoms with van der Waals surface area (Å²) in [4.78, 5) is 24.9. The van der Waals surface area contributed by atoms with Gasteiger partial charge in [-0.3, -0.25) is 0 Å². The first-order valence-corrected chi connectivity index (χ1v) is 9.45. The van der Waals surface area contributed by atoms with Crippen LogP contribution in [0.1, 0.15) is 49.5 Å². The van der Waals surface area contributed by atoms with Gasteiger partial charge < -0.3 is 14.0 Å². The molecule has 0 saturated carbocycles. The van der Waals surface area contributed by atoms with Crippen molar-refractivity contribution in [2.24, 2.45) is 0 Å². The minimum absolute atomic E-state index is 0.254. The van der Waals surface area contributed by atoms with Crippen molar-refractivity contribution < 1.29 is 19.1 Å². The van der Waals surface area contributed by atoms with Gasteiger partial charge in [-0.2, -0.15) is 0 Å². The van der Waals surface area contributed by atoms with Crippen molar-refractivity contribution in [2.75, 3.05) is 14.2 Å². The predicted molar refractivity (Wildman–Crippen MR) is 107 cm³/mol. The van der Waals surface area contributed by atoms with Crippen LogP contribution in [0.25, 0.3) is 10.9 Å². The third kappa shape index (κ3) is 2.78.